The van der Waals surface area contributed by atoms with Gasteiger partial charge in [-0.15, -0.1) is 11.8 Å². The number of phenolic OH excluding ortho intramolecular Hbond substituents is 1. The van der Waals surface area contributed by atoms with Crippen LogP contribution in [0.5, 0.6) is 5.75 Å². The molecule has 11 nitrogen and oxygen atoms in total. The zero-order valence-electron chi connectivity index (χ0n) is 15.2. The number of carbonyl (C=O) groups excluding carboxylic acids is 2. The predicted octanol–water partition coefficient (Wildman–Crippen LogP) is -2.27. The molecule has 3 atom stereocenters. The summed E-state index contributed by atoms with van der Waals surface area (Å²) in [5, 5.41) is 18.5. The first-order chi connectivity index (χ1) is 11.7. The highest BCUT2D eigenvalue weighted by Gasteiger charge is 2.65. The second-order valence-electron chi connectivity index (χ2n) is 6.53. The van der Waals surface area contributed by atoms with Gasteiger partial charge in [-0.1, -0.05) is 0 Å². The Hall–Kier alpha value is -2.38. The van der Waals surface area contributed by atoms with Crippen molar-refractivity contribution in [1.29, 1.82) is 0 Å². The van der Waals surface area contributed by atoms with E-state index in [1.165, 1.54) is 45.8 Å². The first kappa shape index (κ1) is 25.6. The number of carboxylic acid groups (broad SMARTS) is 1. The molecule has 12 heteroatoms. The van der Waals surface area contributed by atoms with Crippen LogP contribution in [0.4, 0.5) is 5.69 Å². The Morgan fingerprint density at radius 1 is 1.21 bits per heavy atom. The molecule has 0 aliphatic carbocycles. The van der Waals surface area contributed by atoms with Crippen molar-refractivity contribution in [2.24, 2.45) is 5.73 Å². The molecule has 3 rings (SSSR count). The van der Waals surface area contributed by atoms with Gasteiger partial charge in [-0.3, -0.25) is 14.5 Å². The van der Waals surface area contributed by atoms with E-state index in [9.17, 15) is 24.6 Å². The number of aliphatic carboxylic acids is 1. The van der Waals surface area contributed by atoms with Crippen molar-refractivity contribution < 1.29 is 41.0 Å². The smallest absolute Gasteiger partial charge is 0.327 e. The number of rotatable bonds is 4. The lowest BCUT2D eigenvalue weighted by Crippen LogP contribution is -2.72. The molecule has 0 bridgehead atoms. The summed E-state index contributed by atoms with van der Waals surface area (Å²) in [5.74, 6) is -1.88. The van der Waals surface area contributed by atoms with Crippen molar-refractivity contribution in [3.63, 3.8) is 0 Å². The average molecular weight is 419 g/mol. The molecule has 28 heavy (non-hydrogen) atoms. The predicted molar refractivity (Wildman–Crippen MR) is 103 cm³/mol. The fraction of sp³-hybridized carbons (Fsp3) is 0.438. The second-order valence-corrected chi connectivity index (χ2v) is 8.30. The Labute approximate surface area is 165 Å². The molecule has 0 spiro atoms. The van der Waals surface area contributed by atoms with E-state index in [0.29, 0.717) is 5.69 Å². The monoisotopic (exact) mass is 419 g/mol. The minimum Gasteiger partial charge on any atom is -0.508 e. The van der Waals surface area contributed by atoms with Gasteiger partial charge < -0.3 is 37.3 Å². The summed E-state index contributed by atoms with van der Waals surface area (Å²) in [6, 6.07) is 4.13. The van der Waals surface area contributed by atoms with E-state index in [-0.39, 0.29) is 28.7 Å². The summed E-state index contributed by atoms with van der Waals surface area (Å²) in [6.45, 7) is 3.26. The minimum atomic E-state index is -1.06. The summed E-state index contributed by atoms with van der Waals surface area (Å²) in [7, 11) is 0. The molecule has 10 N–H and O–H groups in total. The second kappa shape index (κ2) is 8.75. The molecule has 0 radical (unpaired) electrons. The van der Waals surface area contributed by atoms with Gasteiger partial charge in [0.1, 0.15) is 23.2 Å². The number of carbonyl (C=O) groups is 3. The van der Waals surface area contributed by atoms with Crippen molar-refractivity contribution in [2.75, 3.05) is 11.4 Å². The molecule has 0 aromatic heterocycles. The van der Waals surface area contributed by atoms with Gasteiger partial charge >= 0.3 is 5.97 Å². The summed E-state index contributed by atoms with van der Waals surface area (Å²) in [6.07, 6.45) is 0. The molecular weight excluding hydrogens is 394 g/mol. The van der Waals surface area contributed by atoms with E-state index in [1.54, 1.807) is 13.8 Å². The van der Waals surface area contributed by atoms with Gasteiger partial charge in [-0.25, -0.2) is 4.79 Å². The van der Waals surface area contributed by atoms with Crippen LogP contribution in [0.15, 0.2) is 24.3 Å². The summed E-state index contributed by atoms with van der Waals surface area (Å²) in [4.78, 5) is 39.3. The van der Waals surface area contributed by atoms with Crippen LogP contribution in [0.25, 0.3) is 0 Å². The number of thioether (sulfide) groups is 1. The number of anilines is 1. The number of phenols is 1. The van der Waals surface area contributed by atoms with Crippen LogP contribution in [-0.4, -0.2) is 78.1 Å². The number of hydrogen-bond acceptors (Lipinski definition) is 6. The number of carboxylic acids is 1. The molecule has 158 valence electrons. The van der Waals surface area contributed by atoms with Crippen LogP contribution >= 0.6 is 11.8 Å². The maximum Gasteiger partial charge on any atom is 0.327 e. The van der Waals surface area contributed by atoms with Gasteiger partial charge in [-0.2, -0.15) is 0 Å². The summed E-state index contributed by atoms with van der Waals surface area (Å²) >= 11 is 1.36. The Morgan fingerprint density at radius 3 is 2.21 bits per heavy atom. The van der Waals surface area contributed by atoms with Crippen molar-refractivity contribution >= 4 is 35.2 Å². The SMILES string of the molecule is CC1(C)S[C@@H]2[C@@H](N(C(=O)CN)c3ccc(O)cc3)C(=O)N2[C@H]1C(=O)O.O.O.O. The van der Waals surface area contributed by atoms with Crippen LogP contribution in [0, 0.1) is 0 Å². The average Bonchev–Trinajstić information content (AvgIpc) is 2.80. The lowest BCUT2D eigenvalue weighted by atomic mass is 9.95. The quantitative estimate of drug-likeness (QED) is 0.453. The number of fused-ring (bicyclic) bond motifs is 1. The fourth-order valence-corrected chi connectivity index (χ4v) is 5.07. The first-order valence-corrected chi connectivity index (χ1v) is 8.61. The highest BCUT2D eigenvalue weighted by Crippen LogP contribution is 2.52. The minimum absolute atomic E-state index is 0. The number of nitrogens with zero attached hydrogens (tertiary/aromatic N) is 2. The van der Waals surface area contributed by atoms with E-state index in [0.717, 1.165) is 0 Å². The van der Waals surface area contributed by atoms with E-state index in [2.05, 4.69) is 0 Å². The number of amides is 2. The largest absolute Gasteiger partial charge is 0.508 e. The zero-order chi connectivity index (χ0) is 18.5. The van der Waals surface area contributed by atoms with Gasteiger partial charge in [0.15, 0.2) is 0 Å². The first-order valence-electron chi connectivity index (χ1n) is 7.73. The Balaban J connectivity index is 0.00000243. The van der Waals surface area contributed by atoms with Crippen LogP contribution < -0.4 is 10.6 Å². The number of aromatic hydroxyl groups is 1. The summed E-state index contributed by atoms with van der Waals surface area (Å²) in [5.41, 5.74) is 5.94. The number of nitrogens with two attached hydrogens (primary N) is 1. The van der Waals surface area contributed by atoms with Gasteiger partial charge in [-0.05, 0) is 38.1 Å². The van der Waals surface area contributed by atoms with Gasteiger partial charge in [0.25, 0.3) is 5.91 Å². The van der Waals surface area contributed by atoms with Crippen molar-refractivity contribution in [2.45, 2.75) is 36.1 Å². The van der Waals surface area contributed by atoms with Crippen molar-refractivity contribution in [3.8, 4) is 5.75 Å². The molecule has 2 fully saturated rings. The Morgan fingerprint density at radius 2 is 1.75 bits per heavy atom. The molecule has 2 aliphatic rings. The van der Waals surface area contributed by atoms with E-state index in [1.807, 2.05) is 0 Å². The van der Waals surface area contributed by atoms with E-state index in [4.69, 9.17) is 5.73 Å². The third-order valence-electron chi connectivity index (χ3n) is 4.50. The molecule has 0 saturated carbocycles. The maximum absolute atomic E-state index is 12.7. The van der Waals surface area contributed by atoms with Crippen LogP contribution in [0.2, 0.25) is 0 Å². The lowest BCUT2D eigenvalue weighted by Gasteiger charge is -2.48. The molecule has 2 aliphatic heterocycles. The van der Waals surface area contributed by atoms with Crippen molar-refractivity contribution in [3.05, 3.63) is 24.3 Å². The lowest BCUT2D eigenvalue weighted by molar-refractivity contribution is -0.159. The molecule has 1 aromatic carbocycles. The normalized spacial score (nSPS) is 23.9. The number of benzene rings is 1. The standard InChI is InChI=1S/C16H19N3O5S.3H2O/c1-16(2)12(15(23)24)19-13(22)11(14(19)25-16)18(10(21)7-17)8-3-5-9(20)6-4-8;;;/h3-6,11-12,14,20H,7,17H2,1-2H3,(H,23,24);3*1H2/t11-,12-,14+;;;/m0.../s1. The van der Waals surface area contributed by atoms with Crippen molar-refractivity contribution in [1.82, 2.24) is 4.90 Å². The van der Waals surface area contributed by atoms with E-state index < -0.39 is 40.0 Å². The topological polar surface area (TPSA) is 219 Å². The molecular formula is C16H25N3O8S. The Bertz CT molecular complexity index is 742. The van der Waals surface area contributed by atoms with Crippen LogP contribution in [-0.2, 0) is 14.4 Å². The number of β-lactam (4-membered cyclic amide) rings is 1. The number of hydrogen-bond donors (Lipinski definition) is 3. The van der Waals surface area contributed by atoms with Gasteiger partial charge in [0, 0.05) is 10.4 Å². The summed E-state index contributed by atoms with van der Waals surface area (Å²) < 4.78 is -0.673. The Kier molecular flexibility index (Phi) is 8.01. The molecule has 2 saturated heterocycles. The highest BCUT2D eigenvalue weighted by molar-refractivity contribution is 8.01. The maximum atomic E-state index is 12.7. The third-order valence-corrected chi connectivity index (χ3v) is 6.05. The molecule has 2 heterocycles. The van der Waals surface area contributed by atoms with Crippen LogP contribution in [0.3, 0.4) is 0 Å². The fourth-order valence-electron chi connectivity index (χ4n) is 3.40. The molecule has 0 unspecified atom stereocenters. The third kappa shape index (κ3) is 3.77. The van der Waals surface area contributed by atoms with Gasteiger partial charge in [0.05, 0.1) is 6.54 Å². The highest BCUT2D eigenvalue weighted by atomic mass is 32.2. The van der Waals surface area contributed by atoms with E-state index >= 15 is 0 Å². The van der Waals surface area contributed by atoms with Crippen LogP contribution in [0.1, 0.15) is 13.8 Å². The molecule has 1 aromatic rings. The zero-order valence-corrected chi connectivity index (χ0v) is 16.1. The van der Waals surface area contributed by atoms with Gasteiger partial charge in [0.2, 0.25) is 5.91 Å². The molecule has 2 amide bonds.